The maximum Gasteiger partial charge on any atom is 0.266 e. The number of carbonyl (C=O) groups is 2. The van der Waals surface area contributed by atoms with Crippen molar-refractivity contribution in [1.29, 1.82) is 0 Å². The predicted molar refractivity (Wildman–Crippen MR) is 124 cm³/mol. The molecule has 2 heterocycles. The zero-order valence-corrected chi connectivity index (χ0v) is 18.7. The molecule has 0 saturated heterocycles. The fourth-order valence-corrected chi connectivity index (χ4v) is 4.69. The van der Waals surface area contributed by atoms with Gasteiger partial charge in [-0.3, -0.25) is 19.3 Å². The number of halogens is 1. The molecular formula is C24H26ClN5O2. The highest BCUT2D eigenvalue weighted by atomic mass is 35.5. The summed E-state index contributed by atoms with van der Waals surface area (Å²) in [6, 6.07) is 10.9. The minimum atomic E-state index is -0.557. The van der Waals surface area contributed by atoms with E-state index < -0.39 is 11.8 Å². The van der Waals surface area contributed by atoms with Gasteiger partial charge in [0.25, 0.3) is 5.91 Å². The van der Waals surface area contributed by atoms with E-state index in [9.17, 15) is 9.59 Å². The monoisotopic (exact) mass is 451 g/mol. The maximum absolute atomic E-state index is 13.4. The van der Waals surface area contributed by atoms with Crippen LogP contribution in [0.5, 0.6) is 0 Å². The molecule has 1 saturated carbocycles. The summed E-state index contributed by atoms with van der Waals surface area (Å²) in [5, 5.41) is 8.12. The lowest BCUT2D eigenvalue weighted by Crippen LogP contribution is -2.29. The summed E-state index contributed by atoms with van der Waals surface area (Å²) < 4.78 is 1.45. The SMILES string of the molecule is Cn1nc([C@@H](C(=O)Nc2ccc(-c3cnccc3Cl)cc2)C2CCCCC2)cc1C(N)=O. The molecule has 32 heavy (non-hydrogen) atoms. The number of hydrogen-bond donors (Lipinski definition) is 2. The molecule has 8 heteroatoms. The maximum atomic E-state index is 13.4. The molecule has 7 nitrogen and oxygen atoms in total. The first-order chi connectivity index (χ1) is 15.4. The molecule has 0 radical (unpaired) electrons. The average Bonchev–Trinajstić information content (AvgIpc) is 3.17. The standard InChI is InChI=1S/C24H26ClN5O2/c1-30-21(23(26)31)13-20(29-30)22(16-5-3-2-4-6-16)24(32)28-17-9-7-15(8-10-17)18-14-27-12-11-19(18)25/h7-14,16,22H,2-6H2,1H3,(H2,26,31)(H,28,32)/t22-/m0/s1. The van der Waals surface area contributed by atoms with Crippen molar-refractivity contribution in [3.8, 4) is 11.1 Å². The van der Waals surface area contributed by atoms with Gasteiger partial charge in [-0.2, -0.15) is 5.10 Å². The quantitative estimate of drug-likeness (QED) is 0.574. The third kappa shape index (κ3) is 4.67. The summed E-state index contributed by atoms with van der Waals surface area (Å²) in [6.45, 7) is 0. The van der Waals surface area contributed by atoms with Crippen molar-refractivity contribution in [3.05, 3.63) is 65.2 Å². The number of aromatic nitrogens is 3. The molecule has 1 fully saturated rings. The highest BCUT2D eigenvalue weighted by molar-refractivity contribution is 6.33. The fourth-order valence-electron chi connectivity index (χ4n) is 4.47. The molecule has 4 rings (SSSR count). The third-order valence-electron chi connectivity index (χ3n) is 6.10. The van der Waals surface area contributed by atoms with E-state index in [1.807, 2.05) is 24.3 Å². The number of nitrogens with zero attached hydrogens (tertiary/aromatic N) is 3. The molecule has 0 unspecified atom stereocenters. The number of benzene rings is 1. The van der Waals surface area contributed by atoms with Gasteiger partial charge in [-0.1, -0.05) is 43.0 Å². The zero-order valence-electron chi connectivity index (χ0n) is 17.9. The van der Waals surface area contributed by atoms with Crippen molar-refractivity contribution in [3.63, 3.8) is 0 Å². The van der Waals surface area contributed by atoms with Crippen molar-refractivity contribution in [2.24, 2.45) is 18.7 Å². The molecule has 1 aliphatic carbocycles. The van der Waals surface area contributed by atoms with Crippen molar-refractivity contribution in [1.82, 2.24) is 14.8 Å². The van der Waals surface area contributed by atoms with E-state index in [0.29, 0.717) is 22.1 Å². The summed E-state index contributed by atoms with van der Waals surface area (Å²) in [7, 11) is 1.67. The Morgan fingerprint density at radius 3 is 2.50 bits per heavy atom. The summed E-state index contributed by atoms with van der Waals surface area (Å²) >= 11 is 6.26. The Bertz CT molecular complexity index is 1120. The Morgan fingerprint density at radius 2 is 1.88 bits per heavy atom. The fraction of sp³-hybridized carbons (Fsp3) is 0.333. The van der Waals surface area contributed by atoms with Crippen LogP contribution in [0.3, 0.4) is 0 Å². The number of carbonyl (C=O) groups excluding carboxylic acids is 2. The lowest BCUT2D eigenvalue weighted by atomic mass is 9.78. The normalized spacial score (nSPS) is 15.3. The highest BCUT2D eigenvalue weighted by Gasteiger charge is 2.33. The second-order valence-corrected chi connectivity index (χ2v) is 8.65. The number of rotatable bonds is 6. The van der Waals surface area contributed by atoms with Gasteiger partial charge in [-0.05, 0) is 48.6 Å². The van der Waals surface area contributed by atoms with Gasteiger partial charge in [0.2, 0.25) is 5.91 Å². The molecule has 2 amide bonds. The number of nitrogens with one attached hydrogen (secondary N) is 1. The van der Waals surface area contributed by atoms with Crippen LogP contribution in [-0.4, -0.2) is 26.6 Å². The van der Waals surface area contributed by atoms with Gasteiger partial charge < -0.3 is 11.1 Å². The van der Waals surface area contributed by atoms with E-state index in [-0.39, 0.29) is 11.8 Å². The molecule has 1 atom stereocenters. The molecule has 1 aromatic carbocycles. The van der Waals surface area contributed by atoms with E-state index in [0.717, 1.165) is 36.8 Å². The second kappa shape index (κ2) is 9.53. The van der Waals surface area contributed by atoms with Crippen LogP contribution in [0.15, 0.2) is 48.8 Å². The van der Waals surface area contributed by atoms with Crippen LogP contribution >= 0.6 is 11.6 Å². The topological polar surface area (TPSA) is 103 Å². The van der Waals surface area contributed by atoms with Crippen LogP contribution in [0.1, 0.15) is 54.2 Å². The van der Waals surface area contributed by atoms with Gasteiger partial charge in [0.15, 0.2) is 0 Å². The van der Waals surface area contributed by atoms with Crippen molar-refractivity contribution in [2.75, 3.05) is 5.32 Å². The Morgan fingerprint density at radius 1 is 1.16 bits per heavy atom. The first-order valence-corrected chi connectivity index (χ1v) is 11.2. The Hall–Kier alpha value is -3.19. The number of aryl methyl sites for hydroxylation is 1. The van der Waals surface area contributed by atoms with E-state index in [4.69, 9.17) is 17.3 Å². The van der Waals surface area contributed by atoms with Crippen molar-refractivity contribution >= 4 is 29.1 Å². The Kier molecular flexibility index (Phi) is 6.55. The minimum absolute atomic E-state index is 0.127. The zero-order chi connectivity index (χ0) is 22.7. The number of anilines is 1. The van der Waals surface area contributed by atoms with Crippen LogP contribution < -0.4 is 11.1 Å². The van der Waals surface area contributed by atoms with Crippen molar-refractivity contribution in [2.45, 2.75) is 38.0 Å². The van der Waals surface area contributed by atoms with Gasteiger partial charge in [-0.25, -0.2) is 0 Å². The summed E-state index contributed by atoms with van der Waals surface area (Å²) in [5.74, 6) is -0.952. The minimum Gasteiger partial charge on any atom is -0.364 e. The van der Waals surface area contributed by atoms with Gasteiger partial charge in [0.1, 0.15) is 5.69 Å². The molecule has 166 valence electrons. The summed E-state index contributed by atoms with van der Waals surface area (Å²) in [4.78, 5) is 29.2. The summed E-state index contributed by atoms with van der Waals surface area (Å²) in [6.07, 6.45) is 8.63. The van der Waals surface area contributed by atoms with E-state index >= 15 is 0 Å². The van der Waals surface area contributed by atoms with Crippen LogP contribution in [0, 0.1) is 5.92 Å². The molecule has 3 N–H and O–H groups in total. The lowest BCUT2D eigenvalue weighted by Gasteiger charge is -2.28. The highest BCUT2D eigenvalue weighted by Crippen LogP contribution is 2.37. The van der Waals surface area contributed by atoms with Gasteiger partial charge in [-0.15, -0.1) is 0 Å². The molecule has 3 aromatic rings. The number of pyridine rings is 1. The molecule has 2 aromatic heterocycles. The van der Waals surface area contributed by atoms with Crippen LogP contribution in [0.4, 0.5) is 5.69 Å². The predicted octanol–water partition coefficient (Wildman–Crippen LogP) is 4.54. The molecule has 0 aliphatic heterocycles. The number of amides is 2. The summed E-state index contributed by atoms with van der Waals surface area (Å²) in [5.41, 5.74) is 8.79. The van der Waals surface area contributed by atoms with Gasteiger partial charge in [0.05, 0.1) is 16.6 Å². The van der Waals surface area contributed by atoms with Gasteiger partial charge >= 0.3 is 0 Å². The second-order valence-electron chi connectivity index (χ2n) is 8.24. The first kappa shape index (κ1) is 22.0. The molecule has 0 bridgehead atoms. The van der Waals surface area contributed by atoms with Gasteiger partial charge in [0, 0.05) is 30.7 Å². The number of hydrogen-bond acceptors (Lipinski definition) is 4. The largest absolute Gasteiger partial charge is 0.364 e. The van der Waals surface area contributed by atoms with Crippen LogP contribution in [0.2, 0.25) is 5.02 Å². The van der Waals surface area contributed by atoms with Crippen LogP contribution in [-0.2, 0) is 11.8 Å². The Labute approximate surface area is 192 Å². The third-order valence-corrected chi connectivity index (χ3v) is 6.43. The van der Waals surface area contributed by atoms with E-state index in [1.165, 1.54) is 11.1 Å². The molecule has 1 aliphatic rings. The average molecular weight is 452 g/mol. The number of nitrogens with two attached hydrogens (primary N) is 1. The van der Waals surface area contributed by atoms with E-state index in [1.54, 1.807) is 31.6 Å². The van der Waals surface area contributed by atoms with Crippen LogP contribution in [0.25, 0.3) is 11.1 Å². The first-order valence-electron chi connectivity index (χ1n) is 10.8. The van der Waals surface area contributed by atoms with E-state index in [2.05, 4.69) is 15.4 Å². The molecule has 0 spiro atoms. The Balaban J connectivity index is 1.58. The lowest BCUT2D eigenvalue weighted by molar-refractivity contribution is -0.119. The molecular weight excluding hydrogens is 426 g/mol. The van der Waals surface area contributed by atoms with Crippen molar-refractivity contribution < 1.29 is 9.59 Å². The number of primary amides is 1. The smallest absolute Gasteiger partial charge is 0.266 e.